The molecule has 0 aliphatic heterocycles. The van der Waals surface area contributed by atoms with Crippen LogP contribution in [0, 0.1) is 0 Å². The summed E-state index contributed by atoms with van der Waals surface area (Å²) in [6.45, 7) is 6.57. The number of hydrogen-bond acceptors (Lipinski definition) is 6. The molecule has 0 rings (SSSR count). The van der Waals surface area contributed by atoms with Gasteiger partial charge in [0.1, 0.15) is 13.2 Å². The Balaban J connectivity index is 4.21. The molecular weight excluding hydrogens is 901 g/mol. The molecule has 0 N–H and O–H groups in total. The van der Waals surface area contributed by atoms with E-state index in [2.05, 4.69) is 57.2 Å². The highest BCUT2D eigenvalue weighted by molar-refractivity contribution is 5.71. The summed E-state index contributed by atoms with van der Waals surface area (Å²) >= 11 is 0. The first-order valence-electron chi connectivity index (χ1n) is 32.5. The van der Waals surface area contributed by atoms with Gasteiger partial charge in [0, 0.05) is 19.3 Å². The monoisotopic (exact) mass is 1020 g/mol. The highest BCUT2D eigenvalue weighted by Gasteiger charge is 2.19. The van der Waals surface area contributed by atoms with E-state index in [1.165, 1.54) is 231 Å². The van der Waals surface area contributed by atoms with Crippen molar-refractivity contribution in [3.63, 3.8) is 0 Å². The lowest BCUT2D eigenvalue weighted by Gasteiger charge is -2.18. The maximum atomic E-state index is 12.9. The molecule has 428 valence electrons. The summed E-state index contributed by atoms with van der Waals surface area (Å²) in [7, 11) is 0. The third-order valence-corrected chi connectivity index (χ3v) is 14.7. The molecule has 0 saturated heterocycles. The standard InChI is InChI=1S/C67H124O6/c1-4-7-10-13-16-19-22-25-27-29-30-31-32-33-34-35-36-37-38-40-42-45-48-51-54-57-60-66(69)72-63-64(62-71-65(68)59-56-53-50-47-44-41-24-21-18-15-12-9-6-3)73-67(70)61-58-55-52-49-46-43-39-28-26-23-20-17-14-11-8-5-2/h9,12,18,21,41,44,64H,4-8,10-11,13-17,19-20,22-40,42-43,45-63H2,1-3H3/b12-9-,21-18-,44-41-. The molecule has 1 atom stereocenters. The van der Waals surface area contributed by atoms with Crippen LogP contribution >= 0.6 is 0 Å². The normalized spacial score (nSPS) is 12.2. The topological polar surface area (TPSA) is 78.9 Å². The highest BCUT2D eigenvalue weighted by atomic mass is 16.6. The highest BCUT2D eigenvalue weighted by Crippen LogP contribution is 2.18. The Morgan fingerprint density at radius 3 is 0.836 bits per heavy atom. The average Bonchev–Trinajstić information content (AvgIpc) is 3.39. The van der Waals surface area contributed by atoms with Gasteiger partial charge in [0.25, 0.3) is 0 Å². The van der Waals surface area contributed by atoms with Crippen LogP contribution in [0.1, 0.15) is 355 Å². The lowest BCUT2D eigenvalue weighted by atomic mass is 10.0. The lowest BCUT2D eigenvalue weighted by Crippen LogP contribution is -2.30. The van der Waals surface area contributed by atoms with E-state index in [4.69, 9.17) is 14.2 Å². The molecule has 73 heavy (non-hydrogen) atoms. The largest absolute Gasteiger partial charge is 0.462 e. The summed E-state index contributed by atoms with van der Waals surface area (Å²) in [6.07, 6.45) is 76.0. The van der Waals surface area contributed by atoms with Gasteiger partial charge in [0.05, 0.1) is 0 Å². The van der Waals surface area contributed by atoms with Crippen LogP contribution in [0.15, 0.2) is 36.5 Å². The Morgan fingerprint density at radius 1 is 0.288 bits per heavy atom. The minimum Gasteiger partial charge on any atom is -0.462 e. The van der Waals surface area contributed by atoms with E-state index in [1.807, 2.05) is 0 Å². The van der Waals surface area contributed by atoms with Crippen LogP contribution in [-0.2, 0) is 28.6 Å². The molecule has 0 aromatic carbocycles. The predicted molar refractivity (Wildman–Crippen MR) is 316 cm³/mol. The summed E-state index contributed by atoms with van der Waals surface area (Å²) in [5, 5.41) is 0. The number of esters is 3. The fourth-order valence-electron chi connectivity index (χ4n) is 9.81. The molecule has 0 fully saturated rings. The number of ether oxygens (including phenoxy) is 3. The maximum absolute atomic E-state index is 12.9. The van der Waals surface area contributed by atoms with Crippen LogP contribution in [0.3, 0.4) is 0 Å². The van der Waals surface area contributed by atoms with Gasteiger partial charge in [-0.15, -0.1) is 0 Å². The van der Waals surface area contributed by atoms with Crippen LogP contribution in [0.25, 0.3) is 0 Å². The van der Waals surface area contributed by atoms with Crippen molar-refractivity contribution in [1.29, 1.82) is 0 Å². The number of unbranched alkanes of at least 4 members (excludes halogenated alkanes) is 43. The molecule has 0 amide bonds. The second-order valence-electron chi connectivity index (χ2n) is 22.0. The van der Waals surface area contributed by atoms with E-state index >= 15 is 0 Å². The Morgan fingerprint density at radius 2 is 0.534 bits per heavy atom. The number of carbonyl (C=O) groups excluding carboxylic acids is 3. The third-order valence-electron chi connectivity index (χ3n) is 14.7. The van der Waals surface area contributed by atoms with E-state index in [1.54, 1.807) is 0 Å². The average molecular weight is 1030 g/mol. The van der Waals surface area contributed by atoms with E-state index in [0.717, 1.165) is 83.5 Å². The zero-order chi connectivity index (χ0) is 52.9. The van der Waals surface area contributed by atoms with Crippen molar-refractivity contribution < 1.29 is 28.6 Å². The first kappa shape index (κ1) is 70.6. The summed E-state index contributed by atoms with van der Waals surface area (Å²) in [6, 6.07) is 0. The Hall–Kier alpha value is -2.37. The quantitative estimate of drug-likeness (QED) is 0.0261. The van der Waals surface area contributed by atoms with E-state index in [-0.39, 0.29) is 31.1 Å². The van der Waals surface area contributed by atoms with Crippen molar-refractivity contribution in [2.24, 2.45) is 0 Å². The molecule has 0 aliphatic rings. The first-order chi connectivity index (χ1) is 36.0. The smallest absolute Gasteiger partial charge is 0.306 e. The Bertz CT molecular complexity index is 1220. The fraction of sp³-hybridized carbons (Fsp3) is 0.866. The van der Waals surface area contributed by atoms with Gasteiger partial charge in [0.2, 0.25) is 0 Å². The zero-order valence-corrected chi connectivity index (χ0v) is 49.2. The Labute approximate surface area is 455 Å². The van der Waals surface area contributed by atoms with Crippen molar-refractivity contribution in [2.75, 3.05) is 13.2 Å². The van der Waals surface area contributed by atoms with Crippen molar-refractivity contribution in [2.45, 2.75) is 361 Å². The molecule has 6 heteroatoms. The van der Waals surface area contributed by atoms with Gasteiger partial charge in [-0.25, -0.2) is 0 Å². The van der Waals surface area contributed by atoms with Gasteiger partial charge >= 0.3 is 17.9 Å². The van der Waals surface area contributed by atoms with Gasteiger partial charge < -0.3 is 14.2 Å². The molecule has 0 bridgehead atoms. The van der Waals surface area contributed by atoms with Crippen molar-refractivity contribution >= 4 is 17.9 Å². The van der Waals surface area contributed by atoms with E-state index in [0.29, 0.717) is 19.3 Å². The fourth-order valence-corrected chi connectivity index (χ4v) is 9.81. The van der Waals surface area contributed by atoms with Crippen LogP contribution in [0.5, 0.6) is 0 Å². The second kappa shape index (κ2) is 62.2. The van der Waals surface area contributed by atoms with E-state index in [9.17, 15) is 14.4 Å². The van der Waals surface area contributed by atoms with Crippen LogP contribution in [0.2, 0.25) is 0 Å². The van der Waals surface area contributed by atoms with Gasteiger partial charge in [-0.2, -0.15) is 0 Å². The zero-order valence-electron chi connectivity index (χ0n) is 49.2. The van der Waals surface area contributed by atoms with Gasteiger partial charge in [-0.05, 0) is 51.4 Å². The van der Waals surface area contributed by atoms with Gasteiger partial charge in [0.15, 0.2) is 6.10 Å². The summed E-state index contributed by atoms with van der Waals surface area (Å²) in [5.74, 6) is -0.882. The second-order valence-corrected chi connectivity index (χ2v) is 22.0. The predicted octanol–water partition coefficient (Wildman–Crippen LogP) is 22.0. The van der Waals surface area contributed by atoms with Crippen molar-refractivity contribution in [3.8, 4) is 0 Å². The first-order valence-corrected chi connectivity index (χ1v) is 32.5. The molecular formula is C67H124O6. The number of hydrogen-bond donors (Lipinski definition) is 0. The van der Waals surface area contributed by atoms with Crippen LogP contribution in [-0.4, -0.2) is 37.2 Å². The third kappa shape index (κ3) is 60.4. The van der Waals surface area contributed by atoms with Crippen LogP contribution < -0.4 is 0 Å². The van der Waals surface area contributed by atoms with E-state index < -0.39 is 6.10 Å². The summed E-state index contributed by atoms with van der Waals surface area (Å²) in [4.78, 5) is 38.2. The molecule has 1 unspecified atom stereocenters. The SMILES string of the molecule is CC/C=C\C/C=C\C/C=C\CCCCCC(=O)OCC(COC(=O)CCCCCCCCCCCCCCCCCCCCCCCCCCCC)OC(=O)CCCCCCCCCCCCCCCCCC. The molecule has 0 aliphatic carbocycles. The van der Waals surface area contributed by atoms with Crippen molar-refractivity contribution in [3.05, 3.63) is 36.5 Å². The number of allylic oxidation sites excluding steroid dienone is 6. The molecule has 6 nitrogen and oxygen atoms in total. The number of carbonyl (C=O) groups is 3. The number of rotatable bonds is 60. The molecule has 0 aromatic heterocycles. The molecule has 0 spiro atoms. The minimum atomic E-state index is -0.780. The molecule has 0 radical (unpaired) electrons. The molecule has 0 saturated carbocycles. The van der Waals surface area contributed by atoms with Crippen LogP contribution in [0.4, 0.5) is 0 Å². The molecule has 0 heterocycles. The van der Waals surface area contributed by atoms with Gasteiger partial charge in [-0.1, -0.05) is 320 Å². The minimum absolute atomic E-state index is 0.0761. The maximum Gasteiger partial charge on any atom is 0.306 e. The summed E-state index contributed by atoms with van der Waals surface area (Å²) < 4.78 is 16.9. The Kier molecular flexibility index (Phi) is 60.2. The molecule has 0 aromatic rings. The van der Waals surface area contributed by atoms with Crippen molar-refractivity contribution in [1.82, 2.24) is 0 Å². The lowest BCUT2D eigenvalue weighted by molar-refractivity contribution is -0.167. The van der Waals surface area contributed by atoms with Gasteiger partial charge in [-0.3, -0.25) is 14.4 Å². The summed E-state index contributed by atoms with van der Waals surface area (Å²) in [5.41, 5.74) is 0.